The Kier molecular flexibility index (Phi) is 3.79. The minimum Gasteiger partial charge on any atom is -0.316 e. The Labute approximate surface area is 103 Å². The molecule has 1 fully saturated rings. The number of piperidine rings is 1. The molecule has 1 aliphatic rings. The van der Waals surface area contributed by atoms with Crippen LogP contribution in [0.3, 0.4) is 0 Å². The Hall–Kier alpha value is -0.930. The summed E-state index contributed by atoms with van der Waals surface area (Å²) in [7, 11) is 3.96. The Morgan fingerprint density at radius 1 is 1.35 bits per heavy atom. The Morgan fingerprint density at radius 3 is 2.71 bits per heavy atom. The lowest BCUT2D eigenvalue weighted by Gasteiger charge is -2.35. The predicted octanol–water partition coefficient (Wildman–Crippen LogP) is 2.30. The molecule has 1 N–H and O–H groups in total. The van der Waals surface area contributed by atoms with E-state index in [9.17, 15) is 4.39 Å². The second-order valence-corrected chi connectivity index (χ2v) is 5.00. The summed E-state index contributed by atoms with van der Waals surface area (Å²) in [4.78, 5) is 2.19. The zero-order valence-electron chi connectivity index (χ0n) is 10.7. The maximum absolute atomic E-state index is 14.9. The van der Waals surface area contributed by atoms with E-state index in [1.807, 2.05) is 31.3 Å². The first-order valence-corrected chi connectivity index (χ1v) is 6.25. The van der Waals surface area contributed by atoms with Gasteiger partial charge in [-0.1, -0.05) is 24.3 Å². The van der Waals surface area contributed by atoms with E-state index in [0.717, 1.165) is 30.8 Å². The van der Waals surface area contributed by atoms with Crippen LogP contribution in [-0.4, -0.2) is 32.1 Å². The SMILES string of the molecule is CNCc1cccc(C2(F)CCN(C)CC2)c1. The number of hydrogen-bond acceptors (Lipinski definition) is 2. The van der Waals surface area contributed by atoms with Gasteiger partial charge in [0.15, 0.2) is 0 Å². The molecule has 94 valence electrons. The van der Waals surface area contributed by atoms with Gasteiger partial charge in [-0.25, -0.2) is 4.39 Å². The van der Waals surface area contributed by atoms with Gasteiger partial charge in [0, 0.05) is 19.6 Å². The first kappa shape index (κ1) is 12.5. The fourth-order valence-electron chi connectivity index (χ4n) is 2.43. The van der Waals surface area contributed by atoms with Crippen LogP contribution in [0, 0.1) is 0 Å². The van der Waals surface area contributed by atoms with Crippen molar-refractivity contribution < 1.29 is 4.39 Å². The topological polar surface area (TPSA) is 15.3 Å². The highest BCUT2D eigenvalue weighted by Crippen LogP contribution is 2.36. The van der Waals surface area contributed by atoms with Crippen LogP contribution in [0.5, 0.6) is 0 Å². The summed E-state index contributed by atoms with van der Waals surface area (Å²) in [5, 5.41) is 3.10. The van der Waals surface area contributed by atoms with E-state index in [2.05, 4.69) is 17.3 Å². The fourth-order valence-corrected chi connectivity index (χ4v) is 2.43. The van der Waals surface area contributed by atoms with Gasteiger partial charge in [0.05, 0.1) is 0 Å². The molecular formula is C14H21FN2. The quantitative estimate of drug-likeness (QED) is 0.866. The van der Waals surface area contributed by atoms with Gasteiger partial charge in [-0.05, 0) is 38.1 Å². The molecule has 0 atom stereocenters. The Balaban J connectivity index is 2.17. The van der Waals surface area contributed by atoms with Crippen LogP contribution in [0.4, 0.5) is 4.39 Å². The molecule has 1 aromatic carbocycles. The Bertz CT molecular complexity index is 370. The molecule has 1 saturated heterocycles. The summed E-state index contributed by atoms with van der Waals surface area (Å²) < 4.78 is 14.9. The molecule has 2 rings (SSSR count). The first-order valence-electron chi connectivity index (χ1n) is 6.25. The van der Waals surface area contributed by atoms with E-state index in [0.29, 0.717) is 12.8 Å². The number of nitrogens with zero attached hydrogens (tertiary/aromatic N) is 1. The van der Waals surface area contributed by atoms with E-state index in [1.54, 1.807) is 0 Å². The molecule has 1 aromatic rings. The fraction of sp³-hybridized carbons (Fsp3) is 0.571. The minimum absolute atomic E-state index is 0.604. The van der Waals surface area contributed by atoms with Crippen molar-refractivity contribution in [2.45, 2.75) is 25.1 Å². The van der Waals surface area contributed by atoms with Crippen molar-refractivity contribution >= 4 is 0 Å². The predicted molar refractivity (Wildman–Crippen MR) is 68.7 cm³/mol. The average Bonchev–Trinajstić information content (AvgIpc) is 2.34. The molecule has 0 bridgehead atoms. The van der Waals surface area contributed by atoms with Gasteiger partial charge in [0.1, 0.15) is 5.67 Å². The lowest BCUT2D eigenvalue weighted by atomic mass is 9.85. The molecule has 0 radical (unpaired) electrons. The molecule has 17 heavy (non-hydrogen) atoms. The second kappa shape index (κ2) is 5.15. The lowest BCUT2D eigenvalue weighted by Crippen LogP contribution is -2.38. The third kappa shape index (κ3) is 2.85. The van der Waals surface area contributed by atoms with Crippen LogP contribution in [0.25, 0.3) is 0 Å². The average molecular weight is 236 g/mol. The third-order valence-corrected chi connectivity index (χ3v) is 3.60. The van der Waals surface area contributed by atoms with Gasteiger partial charge >= 0.3 is 0 Å². The van der Waals surface area contributed by atoms with Crippen LogP contribution in [0.1, 0.15) is 24.0 Å². The summed E-state index contributed by atoms with van der Waals surface area (Å²) in [6.07, 6.45) is 1.21. The van der Waals surface area contributed by atoms with Crippen molar-refractivity contribution in [3.05, 3.63) is 35.4 Å². The van der Waals surface area contributed by atoms with Crippen molar-refractivity contribution in [1.29, 1.82) is 0 Å². The van der Waals surface area contributed by atoms with Crippen LogP contribution in [0.2, 0.25) is 0 Å². The van der Waals surface area contributed by atoms with Gasteiger partial charge in [0.2, 0.25) is 0 Å². The van der Waals surface area contributed by atoms with Crippen molar-refractivity contribution in [1.82, 2.24) is 10.2 Å². The van der Waals surface area contributed by atoms with Gasteiger partial charge in [0.25, 0.3) is 0 Å². The maximum Gasteiger partial charge on any atom is 0.138 e. The molecular weight excluding hydrogens is 215 g/mol. The normalized spacial score (nSPS) is 20.4. The highest BCUT2D eigenvalue weighted by Gasteiger charge is 2.35. The smallest absolute Gasteiger partial charge is 0.138 e. The number of nitrogens with one attached hydrogen (secondary N) is 1. The van der Waals surface area contributed by atoms with Crippen molar-refractivity contribution in [2.24, 2.45) is 0 Å². The van der Waals surface area contributed by atoms with E-state index < -0.39 is 5.67 Å². The molecule has 0 aromatic heterocycles. The van der Waals surface area contributed by atoms with Crippen LogP contribution < -0.4 is 5.32 Å². The van der Waals surface area contributed by atoms with Crippen molar-refractivity contribution in [2.75, 3.05) is 27.2 Å². The number of halogens is 1. The largest absolute Gasteiger partial charge is 0.316 e. The molecule has 1 heterocycles. The van der Waals surface area contributed by atoms with Gasteiger partial charge in [-0.3, -0.25) is 0 Å². The van der Waals surface area contributed by atoms with Gasteiger partial charge in [-0.2, -0.15) is 0 Å². The summed E-state index contributed by atoms with van der Waals surface area (Å²) in [6, 6.07) is 7.92. The summed E-state index contributed by atoms with van der Waals surface area (Å²) in [5.74, 6) is 0. The van der Waals surface area contributed by atoms with E-state index >= 15 is 0 Å². The maximum atomic E-state index is 14.9. The van der Waals surface area contributed by atoms with Crippen LogP contribution in [0.15, 0.2) is 24.3 Å². The molecule has 0 spiro atoms. The zero-order valence-corrected chi connectivity index (χ0v) is 10.7. The summed E-state index contributed by atoms with van der Waals surface area (Å²) in [6.45, 7) is 2.48. The molecule has 1 aliphatic heterocycles. The minimum atomic E-state index is -1.13. The number of hydrogen-bond donors (Lipinski definition) is 1. The van der Waals surface area contributed by atoms with Crippen LogP contribution >= 0.6 is 0 Å². The number of benzene rings is 1. The van der Waals surface area contributed by atoms with Crippen molar-refractivity contribution in [3.8, 4) is 0 Å². The number of alkyl halides is 1. The highest BCUT2D eigenvalue weighted by atomic mass is 19.1. The lowest BCUT2D eigenvalue weighted by molar-refractivity contribution is 0.0673. The van der Waals surface area contributed by atoms with Crippen molar-refractivity contribution in [3.63, 3.8) is 0 Å². The standard InChI is InChI=1S/C14H21FN2/c1-16-11-12-4-3-5-13(10-12)14(15)6-8-17(2)9-7-14/h3-5,10,16H,6-9,11H2,1-2H3. The van der Waals surface area contributed by atoms with E-state index in [1.165, 1.54) is 0 Å². The van der Waals surface area contributed by atoms with Gasteiger partial charge in [-0.15, -0.1) is 0 Å². The molecule has 2 nitrogen and oxygen atoms in total. The Morgan fingerprint density at radius 2 is 2.06 bits per heavy atom. The number of likely N-dealkylation sites (tertiary alicyclic amines) is 1. The summed E-state index contributed by atoms with van der Waals surface area (Å²) >= 11 is 0. The van der Waals surface area contributed by atoms with Gasteiger partial charge < -0.3 is 10.2 Å². The number of rotatable bonds is 3. The molecule has 0 aliphatic carbocycles. The molecule has 0 amide bonds. The second-order valence-electron chi connectivity index (χ2n) is 5.00. The van der Waals surface area contributed by atoms with E-state index in [-0.39, 0.29) is 0 Å². The first-order chi connectivity index (χ1) is 8.14. The third-order valence-electron chi connectivity index (χ3n) is 3.60. The van der Waals surface area contributed by atoms with E-state index in [4.69, 9.17) is 0 Å². The zero-order chi connectivity index (χ0) is 12.3. The molecule has 3 heteroatoms. The highest BCUT2D eigenvalue weighted by molar-refractivity contribution is 5.29. The van der Waals surface area contributed by atoms with Crippen LogP contribution in [-0.2, 0) is 12.2 Å². The monoisotopic (exact) mass is 236 g/mol. The summed E-state index contributed by atoms with van der Waals surface area (Å²) in [5.41, 5.74) is 0.871. The molecule has 0 unspecified atom stereocenters. The molecule has 0 saturated carbocycles.